The van der Waals surface area contributed by atoms with Crippen molar-refractivity contribution in [2.75, 3.05) is 39.4 Å². The predicted octanol–water partition coefficient (Wildman–Crippen LogP) is 3.83. The number of likely N-dealkylation sites (N-methyl/N-ethyl adjacent to an activating group) is 1. The molecule has 6 nitrogen and oxygen atoms in total. The molecule has 1 unspecified atom stereocenters. The van der Waals surface area contributed by atoms with Crippen LogP contribution in [-0.4, -0.2) is 66.6 Å². The first-order valence-electron chi connectivity index (χ1n) is 11.8. The molecule has 0 N–H and O–H groups in total. The Bertz CT molecular complexity index is 1050. The Morgan fingerprint density at radius 1 is 1.09 bits per heavy atom. The SMILES string of the molecule is CCN1CCOc2ccccc2CCCCC2(CN(C(=O)c3cc(F)ccc3F)CCO2)C1=O. The van der Waals surface area contributed by atoms with Gasteiger partial charge in [-0.15, -0.1) is 0 Å². The van der Waals surface area contributed by atoms with E-state index in [2.05, 4.69) is 0 Å². The molecule has 4 rings (SSSR count). The number of hydrogen-bond donors (Lipinski definition) is 0. The number of benzene rings is 2. The van der Waals surface area contributed by atoms with Crippen LogP contribution in [0.3, 0.4) is 0 Å². The molecule has 1 saturated heterocycles. The predicted molar refractivity (Wildman–Crippen MR) is 123 cm³/mol. The second-order valence-electron chi connectivity index (χ2n) is 8.74. The van der Waals surface area contributed by atoms with Crippen molar-refractivity contribution in [1.29, 1.82) is 0 Å². The molecule has 0 aliphatic carbocycles. The maximum atomic E-state index is 14.3. The number of halogens is 2. The van der Waals surface area contributed by atoms with Crippen LogP contribution in [0.15, 0.2) is 42.5 Å². The summed E-state index contributed by atoms with van der Waals surface area (Å²) in [4.78, 5) is 29.9. The number of nitrogens with zero attached hydrogens (tertiary/aromatic N) is 2. The molecular formula is C26H30F2N2O4. The fraction of sp³-hybridized carbons (Fsp3) is 0.462. The summed E-state index contributed by atoms with van der Waals surface area (Å²) in [6.07, 6.45) is 2.75. The largest absolute Gasteiger partial charge is 0.491 e. The minimum absolute atomic E-state index is 0.00539. The third-order valence-electron chi connectivity index (χ3n) is 6.56. The van der Waals surface area contributed by atoms with Crippen LogP contribution < -0.4 is 4.74 Å². The maximum Gasteiger partial charge on any atom is 0.257 e. The lowest BCUT2D eigenvalue weighted by atomic mass is 9.90. The third kappa shape index (κ3) is 5.06. The Balaban J connectivity index is 1.58. The number of amides is 2. The molecule has 8 heteroatoms. The first kappa shape index (κ1) is 24.1. The van der Waals surface area contributed by atoms with E-state index in [0.717, 1.165) is 42.4 Å². The summed E-state index contributed by atoms with van der Waals surface area (Å²) in [7, 11) is 0. The van der Waals surface area contributed by atoms with Gasteiger partial charge in [-0.05, 0) is 62.4 Å². The van der Waals surface area contributed by atoms with Gasteiger partial charge >= 0.3 is 0 Å². The van der Waals surface area contributed by atoms with Crippen molar-refractivity contribution in [3.05, 3.63) is 65.2 Å². The molecule has 2 heterocycles. The summed E-state index contributed by atoms with van der Waals surface area (Å²) in [5.41, 5.74) is -0.448. The van der Waals surface area contributed by atoms with Gasteiger partial charge in [-0.3, -0.25) is 9.59 Å². The van der Waals surface area contributed by atoms with E-state index in [9.17, 15) is 18.4 Å². The highest BCUT2D eigenvalue weighted by Gasteiger charge is 2.46. The smallest absolute Gasteiger partial charge is 0.257 e. The first-order valence-corrected chi connectivity index (χ1v) is 11.8. The van der Waals surface area contributed by atoms with Gasteiger partial charge in [-0.25, -0.2) is 8.78 Å². The number of rotatable bonds is 2. The van der Waals surface area contributed by atoms with Crippen LogP contribution in [-0.2, 0) is 16.0 Å². The summed E-state index contributed by atoms with van der Waals surface area (Å²) >= 11 is 0. The van der Waals surface area contributed by atoms with Gasteiger partial charge in [0.2, 0.25) is 0 Å². The van der Waals surface area contributed by atoms with Gasteiger partial charge in [-0.2, -0.15) is 0 Å². The van der Waals surface area contributed by atoms with E-state index in [1.54, 1.807) is 4.90 Å². The van der Waals surface area contributed by atoms with Crippen LogP contribution in [0.1, 0.15) is 42.1 Å². The van der Waals surface area contributed by atoms with Gasteiger partial charge in [0.1, 0.15) is 24.0 Å². The summed E-state index contributed by atoms with van der Waals surface area (Å²) < 4.78 is 40.1. The number of aryl methyl sites for hydroxylation is 1. The maximum absolute atomic E-state index is 14.3. The van der Waals surface area contributed by atoms with Crippen LogP contribution in [0.25, 0.3) is 0 Å². The number of fused-ring (bicyclic) bond motifs is 1. The molecule has 0 saturated carbocycles. The van der Waals surface area contributed by atoms with Crippen molar-refractivity contribution >= 4 is 11.8 Å². The molecule has 0 radical (unpaired) electrons. The van der Waals surface area contributed by atoms with E-state index in [4.69, 9.17) is 9.47 Å². The monoisotopic (exact) mass is 472 g/mol. The minimum Gasteiger partial charge on any atom is -0.491 e. The number of hydrogen-bond acceptors (Lipinski definition) is 4. The van der Waals surface area contributed by atoms with Crippen LogP contribution in [0, 0.1) is 11.6 Å². The van der Waals surface area contributed by atoms with Crippen molar-refractivity contribution in [1.82, 2.24) is 9.80 Å². The quantitative estimate of drug-likeness (QED) is 0.667. The van der Waals surface area contributed by atoms with Crippen LogP contribution in [0.4, 0.5) is 8.78 Å². The molecule has 1 fully saturated rings. The average Bonchev–Trinajstić information content (AvgIpc) is 2.85. The Hall–Kier alpha value is -3.00. The minimum atomic E-state index is -1.23. The summed E-state index contributed by atoms with van der Waals surface area (Å²) in [6, 6.07) is 10.7. The zero-order valence-corrected chi connectivity index (χ0v) is 19.4. The summed E-state index contributed by atoms with van der Waals surface area (Å²) in [5.74, 6) is -1.48. The van der Waals surface area contributed by atoms with Gasteiger partial charge in [0.05, 0.1) is 25.3 Å². The van der Waals surface area contributed by atoms with Crippen LogP contribution in [0.2, 0.25) is 0 Å². The molecule has 0 aromatic heterocycles. The molecule has 2 aromatic rings. The van der Waals surface area contributed by atoms with E-state index < -0.39 is 23.1 Å². The molecular weight excluding hydrogens is 442 g/mol. The normalized spacial score (nSPS) is 21.9. The number of carbonyl (C=O) groups excluding carboxylic acids is 2. The fourth-order valence-electron chi connectivity index (χ4n) is 4.71. The van der Waals surface area contributed by atoms with Gasteiger partial charge in [0.15, 0.2) is 5.60 Å². The fourth-order valence-corrected chi connectivity index (χ4v) is 4.71. The lowest BCUT2D eigenvalue weighted by Crippen LogP contribution is -2.62. The molecule has 182 valence electrons. The lowest BCUT2D eigenvalue weighted by Gasteiger charge is -2.44. The molecule has 2 aromatic carbocycles. The standard InChI is InChI=1S/C26H30F2N2O4/c1-2-29-13-15-33-23-9-4-3-7-19(23)8-5-6-12-26(25(29)32)18-30(14-16-34-26)24(31)21-17-20(27)10-11-22(21)28/h3-4,7,9-11,17H,2,5-6,8,12-16,18H2,1H3. The number of morpholine rings is 1. The molecule has 2 aliphatic heterocycles. The second kappa shape index (κ2) is 10.5. The highest BCUT2D eigenvalue weighted by atomic mass is 19.1. The van der Waals surface area contributed by atoms with Gasteiger partial charge in [0.25, 0.3) is 11.8 Å². The van der Waals surface area contributed by atoms with E-state index in [-0.39, 0.29) is 31.2 Å². The van der Waals surface area contributed by atoms with Crippen molar-refractivity contribution in [2.24, 2.45) is 0 Å². The van der Waals surface area contributed by atoms with Crippen molar-refractivity contribution in [3.8, 4) is 5.75 Å². The molecule has 2 amide bonds. The molecule has 34 heavy (non-hydrogen) atoms. The molecule has 2 aliphatic rings. The van der Waals surface area contributed by atoms with E-state index in [1.807, 2.05) is 31.2 Å². The molecule has 0 bridgehead atoms. The first-order chi connectivity index (χ1) is 16.4. The van der Waals surface area contributed by atoms with E-state index >= 15 is 0 Å². The van der Waals surface area contributed by atoms with Crippen molar-refractivity contribution in [3.63, 3.8) is 0 Å². The van der Waals surface area contributed by atoms with Crippen molar-refractivity contribution in [2.45, 2.75) is 38.2 Å². The highest BCUT2D eigenvalue weighted by Crippen LogP contribution is 2.30. The third-order valence-corrected chi connectivity index (χ3v) is 6.56. The molecule has 1 spiro atoms. The summed E-state index contributed by atoms with van der Waals surface area (Å²) in [6.45, 7) is 3.40. The number of carbonyl (C=O) groups is 2. The topological polar surface area (TPSA) is 59.1 Å². The Kier molecular flexibility index (Phi) is 7.46. The summed E-state index contributed by atoms with van der Waals surface area (Å²) in [5, 5.41) is 0. The van der Waals surface area contributed by atoms with Gasteiger partial charge < -0.3 is 19.3 Å². The van der Waals surface area contributed by atoms with E-state index in [0.29, 0.717) is 32.5 Å². The zero-order valence-electron chi connectivity index (χ0n) is 19.4. The highest BCUT2D eigenvalue weighted by molar-refractivity contribution is 5.95. The Labute approximate surface area is 198 Å². The molecule has 1 atom stereocenters. The average molecular weight is 473 g/mol. The van der Waals surface area contributed by atoms with Gasteiger partial charge in [-0.1, -0.05) is 18.2 Å². The second-order valence-corrected chi connectivity index (χ2v) is 8.74. The van der Waals surface area contributed by atoms with Gasteiger partial charge in [0, 0.05) is 13.1 Å². The Morgan fingerprint density at radius 2 is 1.91 bits per heavy atom. The van der Waals surface area contributed by atoms with Crippen LogP contribution in [0.5, 0.6) is 5.75 Å². The number of ether oxygens (including phenoxy) is 2. The lowest BCUT2D eigenvalue weighted by molar-refractivity contribution is -0.170. The number of para-hydroxylation sites is 1. The zero-order chi connectivity index (χ0) is 24.1. The van der Waals surface area contributed by atoms with Crippen LogP contribution >= 0.6 is 0 Å². The van der Waals surface area contributed by atoms with E-state index in [1.165, 1.54) is 4.90 Å². The Morgan fingerprint density at radius 3 is 2.74 bits per heavy atom. The van der Waals surface area contributed by atoms with Crippen molar-refractivity contribution < 1.29 is 27.8 Å².